The van der Waals surface area contributed by atoms with Gasteiger partial charge < -0.3 is 5.32 Å². The molecule has 0 radical (unpaired) electrons. The SMILES string of the molecule is C=C(CCC)NCc1cccc(F)c1. The Morgan fingerprint density at radius 3 is 2.93 bits per heavy atom. The second-order valence-electron chi connectivity index (χ2n) is 3.34. The van der Waals surface area contributed by atoms with Gasteiger partial charge in [-0.3, -0.25) is 0 Å². The molecule has 0 amide bonds. The third-order valence-electron chi connectivity index (χ3n) is 1.98. The molecule has 1 nitrogen and oxygen atoms in total. The molecule has 0 aliphatic rings. The predicted molar refractivity (Wildman–Crippen MR) is 57.3 cm³/mol. The number of hydrogen-bond donors (Lipinski definition) is 1. The van der Waals surface area contributed by atoms with Crippen LogP contribution in [0.3, 0.4) is 0 Å². The van der Waals surface area contributed by atoms with E-state index < -0.39 is 0 Å². The summed E-state index contributed by atoms with van der Waals surface area (Å²) in [6.45, 7) is 6.63. The second kappa shape index (κ2) is 5.43. The van der Waals surface area contributed by atoms with Crippen LogP contribution in [-0.2, 0) is 6.54 Å². The molecule has 1 aromatic rings. The van der Waals surface area contributed by atoms with E-state index in [9.17, 15) is 4.39 Å². The van der Waals surface area contributed by atoms with Crippen molar-refractivity contribution >= 4 is 0 Å². The maximum atomic E-state index is 12.8. The fourth-order valence-corrected chi connectivity index (χ4v) is 1.26. The molecule has 0 bridgehead atoms. The second-order valence-corrected chi connectivity index (χ2v) is 3.34. The lowest BCUT2D eigenvalue weighted by Crippen LogP contribution is -2.11. The van der Waals surface area contributed by atoms with Crippen molar-refractivity contribution in [1.82, 2.24) is 5.32 Å². The number of benzene rings is 1. The average molecular weight is 193 g/mol. The first-order valence-corrected chi connectivity index (χ1v) is 4.88. The monoisotopic (exact) mass is 193 g/mol. The lowest BCUT2D eigenvalue weighted by molar-refractivity contribution is 0.623. The maximum Gasteiger partial charge on any atom is 0.123 e. The highest BCUT2D eigenvalue weighted by Gasteiger charge is 1.95. The lowest BCUT2D eigenvalue weighted by Gasteiger charge is -2.08. The Morgan fingerprint density at radius 1 is 1.50 bits per heavy atom. The Morgan fingerprint density at radius 2 is 2.29 bits per heavy atom. The molecule has 0 heterocycles. The van der Waals surface area contributed by atoms with Crippen molar-refractivity contribution < 1.29 is 4.39 Å². The Hall–Kier alpha value is -1.31. The van der Waals surface area contributed by atoms with Crippen LogP contribution in [0.2, 0.25) is 0 Å². The Kier molecular flexibility index (Phi) is 4.17. The summed E-state index contributed by atoms with van der Waals surface area (Å²) in [6.07, 6.45) is 2.05. The largest absolute Gasteiger partial charge is 0.385 e. The number of hydrogen-bond acceptors (Lipinski definition) is 1. The van der Waals surface area contributed by atoms with Gasteiger partial charge in [0.05, 0.1) is 0 Å². The van der Waals surface area contributed by atoms with Crippen LogP contribution in [0.5, 0.6) is 0 Å². The lowest BCUT2D eigenvalue weighted by atomic mass is 10.2. The van der Waals surface area contributed by atoms with Gasteiger partial charge in [-0.05, 0) is 24.1 Å². The standard InChI is InChI=1S/C12H16FN/c1-3-5-10(2)14-9-11-6-4-7-12(13)8-11/h4,6-8,14H,2-3,5,9H2,1H3. The summed E-state index contributed by atoms with van der Waals surface area (Å²) in [6, 6.07) is 6.60. The molecule has 0 fully saturated rings. The molecule has 0 unspecified atom stereocenters. The highest BCUT2D eigenvalue weighted by molar-refractivity contribution is 5.16. The third kappa shape index (κ3) is 3.60. The van der Waals surface area contributed by atoms with E-state index in [1.807, 2.05) is 6.07 Å². The van der Waals surface area contributed by atoms with E-state index in [4.69, 9.17) is 0 Å². The maximum absolute atomic E-state index is 12.8. The first-order valence-electron chi connectivity index (χ1n) is 4.88. The van der Waals surface area contributed by atoms with Crippen molar-refractivity contribution in [3.63, 3.8) is 0 Å². The number of nitrogens with one attached hydrogen (secondary N) is 1. The summed E-state index contributed by atoms with van der Waals surface area (Å²) in [4.78, 5) is 0. The number of halogens is 1. The Labute approximate surface area is 84.6 Å². The molecule has 76 valence electrons. The fraction of sp³-hybridized carbons (Fsp3) is 0.333. The van der Waals surface area contributed by atoms with Gasteiger partial charge in [-0.2, -0.15) is 0 Å². The summed E-state index contributed by atoms with van der Waals surface area (Å²) >= 11 is 0. The summed E-state index contributed by atoms with van der Waals surface area (Å²) in [7, 11) is 0. The summed E-state index contributed by atoms with van der Waals surface area (Å²) < 4.78 is 12.8. The zero-order chi connectivity index (χ0) is 10.4. The van der Waals surface area contributed by atoms with Gasteiger partial charge >= 0.3 is 0 Å². The van der Waals surface area contributed by atoms with Crippen LogP contribution in [0.15, 0.2) is 36.5 Å². The van der Waals surface area contributed by atoms with Crippen LogP contribution in [-0.4, -0.2) is 0 Å². The van der Waals surface area contributed by atoms with Crippen molar-refractivity contribution in [2.45, 2.75) is 26.3 Å². The Balaban J connectivity index is 2.41. The highest BCUT2D eigenvalue weighted by atomic mass is 19.1. The first kappa shape index (κ1) is 10.8. The molecule has 0 spiro atoms. The van der Waals surface area contributed by atoms with E-state index in [1.165, 1.54) is 12.1 Å². The van der Waals surface area contributed by atoms with Gasteiger partial charge in [0.2, 0.25) is 0 Å². The molecule has 2 heteroatoms. The van der Waals surface area contributed by atoms with Gasteiger partial charge in [0.25, 0.3) is 0 Å². The number of rotatable bonds is 5. The zero-order valence-electron chi connectivity index (χ0n) is 8.52. The van der Waals surface area contributed by atoms with E-state index in [-0.39, 0.29) is 5.82 Å². The fourth-order valence-electron chi connectivity index (χ4n) is 1.26. The molecule has 1 rings (SSSR count). The minimum absolute atomic E-state index is 0.189. The highest BCUT2D eigenvalue weighted by Crippen LogP contribution is 2.05. The molecule has 0 saturated heterocycles. The van der Waals surface area contributed by atoms with Crippen molar-refractivity contribution in [2.24, 2.45) is 0 Å². The van der Waals surface area contributed by atoms with Crippen molar-refractivity contribution in [3.8, 4) is 0 Å². The summed E-state index contributed by atoms with van der Waals surface area (Å²) in [5.74, 6) is -0.189. The molecular weight excluding hydrogens is 177 g/mol. The zero-order valence-corrected chi connectivity index (χ0v) is 8.52. The summed E-state index contributed by atoms with van der Waals surface area (Å²) in [5.41, 5.74) is 1.96. The van der Waals surface area contributed by atoms with Crippen LogP contribution in [0.1, 0.15) is 25.3 Å². The molecule has 0 saturated carbocycles. The van der Waals surface area contributed by atoms with E-state index in [0.717, 1.165) is 24.1 Å². The van der Waals surface area contributed by atoms with Crippen LogP contribution in [0.25, 0.3) is 0 Å². The molecule has 0 aliphatic heterocycles. The summed E-state index contributed by atoms with van der Waals surface area (Å²) in [5, 5.41) is 3.17. The van der Waals surface area contributed by atoms with Crippen LogP contribution < -0.4 is 5.32 Å². The van der Waals surface area contributed by atoms with Crippen molar-refractivity contribution in [2.75, 3.05) is 0 Å². The molecule has 1 aromatic carbocycles. The molecule has 14 heavy (non-hydrogen) atoms. The smallest absolute Gasteiger partial charge is 0.123 e. The Bertz CT molecular complexity index is 307. The minimum atomic E-state index is -0.189. The normalized spacial score (nSPS) is 9.86. The van der Waals surface area contributed by atoms with Gasteiger partial charge in [-0.15, -0.1) is 0 Å². The predicted octanol–water partition coefficient (Wildman–Crippen LogP) is 3.23. The van der Waals surface area contributed by atoms with Gasteiger partial charge in [-0.25, -0.2) is 4.39 Å². The number of allylic oxidation sites excluding steroid dienone is 1. The van der Waals surface area contributed by atoms with E-state index >= 15 is 0 Å². The molecule has 0 atom stereocenters. The topological polar surface area (TPSA) is 12.0 Å². The van der Waals surface area contributed by atoms with E-state index in [0.29, 0.717) is 6.54 Å². The van der Waals surface area contributed by atoms with Crippen LogP contribution in [0, 0.1) is 5.82 Å². The van der Waals surface area contributed by atoms with Gasteiger partial charge in [0, 0.05) is 12.2 Å². The molecule has 1 N–H and O–H groups in total. The van der Waals surface area contributed by atoms with Crippen molar-refractivity contribution in [1.29, 1.82) is 0 Å². The van der Waals surface area contributed by atoms with Crippen LogP contribution in [0.4, 0.5) is 4.39 Å². The van der Waals surface area contributed by atoms with Gasteiger partial charge in [0.1, 0.15) is 5.82 Å². The quantitative estimate of drug-likeness (QED) is 0.757. The van der Waals surface area contributed by atoms with Gasteiger partial charge in [-0.1, -0.05) is 32.1 Å². The van der Waals surface area contributed by atoms with E-state index in [2.05, 4.69) is 18.8 Å². The molecular formula is C12H16FN. The van der Waals surface area contributed by atoms with Crippen molar-refractivity contribution in [3.05, 3.63) is 47.9 Å². The van der Waals surface area contributed by atoms with E-state index in [1.54, 1.807) is 6.07 Å². The first-order chi connectivity index (χ1) is 6.72. The molecule has 0 aromatic heterocycles. The molecule has 0 aliphatic carbocycles. The average Bonchev–Trinajstić information content (AvgIpc) is 2.15. The minimum Gasteiger partial charge on any atom is -0.385 e. The van der Waals surface area contributed by atoms with Crippen LogP contribution >= 0.6 is 0 Å². The van der Waals surface area contributed by atoms with Gasteiger partial charge in [0.15, 0.2) is 0 Å². The third-order valence-corrected chi connectivity index (χ3v) is 1.98.